The first-order valence-corrected chi connectivity index (χ1v) is 11.4. The van der Waals surface area contributed by atoms with Gasteiger partial charge in [0, 0.05) is 33.0 Å². The van der Waals surface area contributed by atoms with E-state index in [1.54, 1.807) is 13.3 Å². The van der Waals surface area contributed by atoms with Crippen molar-refractivity contribution in [3.05, 3.63) is 11.9 Å². The first kappa shape index (κ1) is 18.9. The fourth-order valence-electron chi connectivity index (χ4n) is 4.22. The van der Waals surface area contributed by atoms with E-state index in [0.717, 1.165) is 44.7 Å². The number of nitrogens with zero attached hydrogens (tertiary/aromatic N) is 3. The van der Waals surface area contributed by atoms with Crippen LogP contribution in [0, 0.1) is 5.92 Å². The molecule has 1 saturated heterocycles. The zero-order valence-electron chi connectivity index (χ0n) is 15.5. The Morgan fingerprint density at radius 3 is 2.64 bits per heavy atom. The highest BCUT2D eigenvalue weighted by Crippen LogP contribution is 2.27. The van der Waals surface area contributed by atoms with Crippen LogP contribution in [0.4, 0.5) is 0 Å². The summed E-state index contributed by atoms with van der Waals surface area (Å²) in [5, 5.41) is 0.230. The van der Waals surface area contributed by atoms with E-state index in [4.69, 9.17) is 4.74 Å². The summed E-state index contributed by atoms with van der Waals surface area (Å²) >= 11 is 0. The number of aromatic nitrogens is 2. The standard InChI is InChI=1S/C18H31N3O3S/c1-24-17-9-6-10-20(14-17)13-16-11-19-18(25(2,22)23)21(16)12-15-7-4-3-5-8-15/h11,15,17H,3-10,12-14H2,1-2H3. The zero-order chi connectivity index (χ0) is 17.9. The molecule has 0 amide bonds. The van der Waals surface area contributed by atoms with E-state index in [1.807, 2.05) is 4.57 Å². The lowest BCUT2D eigenvalue weighted by Gasteiger charge is -2.32. The Balaban J connectivity index is 1.79. The van der Waals surface area contributed by atoms with Crippen molar-refractivity contribution in [1.29, 1.82) is 0 Å². The summed E-state index contributed by atoms with van der Waals surface area (Å²) in [4.78, 5) is 6.63. The normalized spacial score (nSPS) is 23.8. The molecular formula is C18H31N3O3S. The van der Waals surface area contributed by atoms with Gasteiger partial charge in [0.05, 0.1) is 18.0 Å². The SMILES string of the molecule is COC1CCCN(Cc2cnc(S(C)(=O)=O)n2CC2CCCCC2)C1. The number of ether oxygens (including phenoxy) is 1. The Bertz CT molecular complexity index is 665. The summed E-state index contributed by atoms with van der Waals surface area (Å²) in [7, 11) is -1.54. The smallest absolute Gasteiger partial charge is 0.227 e. The molecule has 2 heterocycles. The third-order valence-corrected chi connectivity index (χ3v) is 6.57. The number of sulfone groups is 1. The van der Waals surface area contributed by atoms with Crippen LogP contribution in [0.2, 0.25) is 0 Å². The second kappa shape index (κ2) is 8.18. The molecule has 1 aromatic rings. The summed E-state index contributed by atoms with van der Waals surface area (Å²) in [5.74, 6) is 0.565. The molecule has 1 aliphatic heterocycles. The molecule has 2 fully saturated rings. The van der Waals surface area contributed by atoms with Crippen LogP contribution in [0.25, 0.3) is 0 Å². The van der Waals surface area contributed by atoms with Gasteiger partial charge in [0.15, 0.2) is 0 Å². The molecule has 142 valence electrons. The number of imidazole rings is 1. The van der Waals surface area contributed by atoms with Crippen molar-refractivity contribution >= 4 is 9.84 Å². The van der Waals surface area contributed by atoms with Gasteiger partial charge in [0.1, 0.15) is 0 Å². The molecule has 1 aromatic heterocycles. The molecule has 1 aliphatic carbocycles. The quantitative estimate of drug-likeness (QED) is 0.771. The van der Waals surface area contributed by atoms with E-state index in [0.29, 0.717) is 5.92 Å². The minimum absolute atomic E-state index is 0.230. The minimum atomic E-state index is -3.31. The second-order valence-electron chi connectivity index (χ2n) is 7.65. The summed E-state index contributed by atoms with van der Waals surface area (Å²) in [6.07, 6.45) is 11.7. The lowest BCUT2D eigenvalue weighted by Crippen LogP contribution is -2.39. The predicted octanol–water partition coefficient (Wildman–Crippen LogP) is 2.48. The molecule has 25 heavy (non-hydrogen) atoms. The summed E-state index contributed by atoms with van der Waals surface area (Å²) in [5.41, 5.74) is 1.02. The van der Waals surface area contributed by atoms with Gasteiger partial charge in [-0.05, 0) is 38.1 Å². The third-order valence-electron chi connectivity index (χ3n) is 5.58. The molecule has 0 N–H and O–H groups in total. The highest BCUT2D eigenvalue weighted by molar-refractivity contribution is 7.90. The number of rotatable bonds is 6. The highest BCUT2D eigenvalue weighted by atomic mass is 32.2. The first-order chi connectivity index (χ1) is 12.0. The van der Waals surface area contributed by atoms with E-state index in [2.05, 4.69) is 9.88 Å². The Morgan fingerprint density at radius 1 is 1.20 bits per heavy atom. The summed E-state index contributed by atoms with van der Waals surface area (Å²) in [6, 6.07) is 0. The van der Waals surface area contributed by atoms with Gasteiger partial charge in [-0.25, -0.2) is 13.4 Å². The molecule has 0 spiro atoms. The molecule has 3 rings (SSSR count). The number of methoxy groups -OCH3 is 1. The molecule has 6 nitrogen and oxygen atoms in total. The van der Waals surface area contributed by atoms with Gasteiger partial charge in [-0.15, -0.1) is 0 Å². The average molecular weight is 370 g/mol. The lowest BCUT2D eigenvalue weighted by atomic mass is 9.89. The van der Waals surface area contributed by atoms with Crippen LogP contribution in [0.5, 0.6) is 0 Å². The summed E-state index contributed by atoms with van der Waals surface area (Å²) < 4.78 is 31.8. The number of hydrogen-bond acceptors (Lipinski definition) is 5. The van der Waals surface area contributed by atoms with Gasteiger partial charge >= 0.3 is 0 Å². The van der Waals surface area contributed by atoms with Crippen LogP contribution in [0.3, 0.4) is 0 Å². The van der Waals surface area contributed by atoms with E-state index >= 15 is 0 Å². The first-order valence-electron chi connectivity index (χ1n) is 9.47. The number of hydrogen-bond donors (Lipinski definition) is 0. The molecule has 0 radical (unpaired) electrons. The Labute approximate surface area is 151 Å². The Kier molecular flexibility index (Phi) is 6.17. The van der Waals surface area contributed by atoms with Crippen molar-refractivity contribution < 1.29 is 13.2 Å². The van der Waals surface area contributed by atoms with Crippen LogP contribution in [0.1, 0.15) is 50.6 Å². The van der Waals surface area contributed by atoms with Crippen molar-refractivity contribution in [3.63, 3.8) is 0 Å². The summed E-state index contributed by atoms with van der Waals surface area (Å²) in [6.45, 7) is 3.45. The molecule has 1 saturated carbocycles. The van der Waals surface area contributed by atoms with Crippen molar-refractivity contribution in [2.45, 2.75) is 69.3 Å². The van der Waals surface area contributed by atoms with Gasteiger partial charge in [-0.2, -0.15) is 0 Å². The van der Waals surface area contributed by atoms with Crippen molar-refractivity contribution in [2.75, 3.05) is 26.5 Å². The topological polar surface area (TPSA) is 64.4 Å². The van der Waals surface area contributed by atoms with Crippen LogP contribution < -0.4 is 0 Å². The molecule has 1 unspecified atom stereocenters. The monoisotopic (exact) mass is 369 g/mol. The van der Waals surface area contributed by atoms with Crippen molar-refractivity contribution in [2.24, 2.45) is 5.92 Å². The van der Waals surface area contributed by atoms with Crippen LogP contribution >= 0.6 is 0 Å². The van der Waals surface area contributed by atoms with E-state index in [9.17, 15) is 8.42 Å². The molecule has 0 bridgehead atoms. The maximum atomic E-state index is 12.2. The molecule has 2 aliphatic rings. The number of likely N-dealkylation sites (tertiary alicyclic amines) is 1. The van der Waals surface area contributed by atoms with Gasteiger partial charge in [0.2, 0.25) is 15.0 Å². The van der Waals surface area contributed by atoms with E-state index in [-0.39, 0.29) is 11.3 Å². The zero-order valence-corrected chi connectivity index (χ0v) is 16.3. The average Bonchev–Trinajstić information content (AvgIpc) is 2.99. The molecule has 7 heteroatoms. The van der Waals surface area contributed by atoms with Crippen molar-refractivity contribution in [1.82, 2.24) is 14.5 Å². The maximum Gasteiger partial charge on any atom is 0.227 e. The number of piperidine rings is 1. The fourth-order valence-corrected chi connectivity index (χ4v) is 5.05. The largest absolute Gasteiger partial charge is 0.380 e. The molecular weight excluding hydrogens is 338 g/mol. The minimum Gasteiger partial charge on any atom is -0.380 e. The van der Waals surface area contributed by atoms with Crippen molar-refractivity contribution in [3.8, 4) is 0 Å². The predicted molar refractivity (Wildman–Crippen MR) is 97.2 cm³/mol. The highest BCUT2D eigenvalue weighted by Gasteiger charge is 2.25. The van der Waals surface area contributed by atoms with Gasteiger partial charge < -0.3 is 9.30 Å². The van der Waals surface area contributed by atoms with E-state index < -0.39 is 9.84 Å². The van der Waals surface area contributed by atoms with Crippen LogP contribution in [0.15, 0.2) is 11.4 Å². The fraction of sp³-hybridized carbons (Fsp3) is 0.833. The Morgan fingerprint density at radius 2 is 1.96 bits per heavy atom. The maximum absolute atomic E-state index is 12.2. The van der Waals surface area contributed by atoms with E-state index in [1.165, 1.54) is 38.4 Å². The lowest BCUT2D eigenvalue weighted by molar-refractivity contribution is 0.0276. The van der Waals surface area contributed by atoms with Crippen LogP contribution in [-0.2, 0) is 27.7 Å². The molecule has 1 atom stereocenters. The van der Waals surface area contributed by atoms with Gasteiger partial charge in [0.25, 0.3) is 0 Å². The second-order valence-corrected chi connectivity index (χ2v) is 9.56. The third kappa shape index (κ3) is 4.83. The van der Waals surface area contributed by atoms with Gasteiger partial charge in [-0.3, -0.25) is 4.90 Å². The Hall–Kier alpha value is -0.920. The molecule has 0 aromatic carbocycles. The van der Waals surface area contributed by atoms with Gasteiger partial charge in [-0.1, -0.05) is 19.3 Å². The van der Waals surface area contributed by atoms with Crippen LogP contribution in [-0.4, -0.2) is 55.4 Å².